The number of benzene rings is 1. The molecule has 1 aliphatic carbocycles. The molecule has 124 valence electrons. The molecule has 1 saturated carbocycles. The van der Waals surface area contributed by atoms with Crippen LogP contribution >= 0.6 is 0 Å². The van der Waals surface area contributed by atoms with Crippen molar-refractivity contribution in [3.8, 4) is 17.1 Å². The number of hydrogen-bond acceptors (Lipinski definition) is 5. The van der Waals surface area contributed by atoms with Gasteiger partial charge in [-0.25, -0.2) is 4.98 Å². The number of H-pyrrole nitrogens is 1. The van der Waals surface area contributed by atoms with Crippen molar-refractivity contribution < 1.29 is 9.26 Å². The summed E-state index contributed by atoms with van der Waals surface area (Å²) >= 11 is 0. The van der Waals surface area contributed by atoms with Gasteiger partial charge in [0.25, 0.3) is 5.56 Å². The molecule has 3 aromatic rings. The van der Waals surface area contributed by atoms with E-state index in [9.17, 15) is 4.79 Å². The standard InChI is InChI=1S/C18H19N3O3/c1-2-23-13-10-6-5-9-12(13)17-19-15-14(11-7-3-4-8-11)21-24-16(15)18(22)20-17/h5-6,9-11H,2-4,7-8H2,1H3,(H,19,20,22). The highest BCUT2D eigenvalue weighted by atomic mass is 16.5. The summed E-state index contributed by atoms with van der Waals surface area (Å²) < 4.78 is 10.9. The number of fused-ring (bicyclic) bond motifs is 1. The van der Waals surface area contributed by atoms with E-state index in [1.54, 1.807) is 0 Å². The molecular weight excluding hydrogens is 306 g/mol. The molecule has 0 saturated heterocycles. The summed E-state index contributed by atoms with van der Waals surface area (Å²) in [7, 11) is 0. The Bertz CT molecular complexity index is 923. The summed E-state index contributed by atoms with van der Waals surface area (Å²) in [6, 6.07) is 7.55. The van der Waals surface area contributed by atoms with Crippen LogP contribution in [0, 0.1) is 0 Å². The van der Waals surface area contributed by atoms with Gasteiger partial charge >= 0.3 is 0 Å². The Morgan fingerprint density at radius 3 is 2.88 bits per heavy atom. The van der Waals surface area contributed by atoms with E-state index in [0.29, 0.717) is 29.6 Å². The van der Waals surface area contributed by atoms with Gasteiger partial charge in [0.1, 0.15) is 22.8 Å². The van der Waals surface area contributed by atoms with Crippen molar-refractivity contribution in [2.24, 2.45) is 0 Å². The Labute approximate surface area is 138 Å². The van der Waals surface area contributed by atoms with Crippen molar-refractivity contribution >= 4 is 11.1 Å². The average molecular weight is 325 g/mol. The van der Waals surface area contributed by atoms with E-state index in [0.717, 1.165) is 24.1 Å². The Balaban J connectivity index is 1.88. The second-order valence-electron chi connectivity index (χ2n) is 6.07. The molecule has 0 spiro atoms. The van der Waals surface area contributed by atoms with Gasteiger partial charge in [0, 0.05) is 5.92 Å². The summed E-state index contributed by atoms with van der Waals surface area (Å²) in [6.45, 7) is 2.47. The van der Waals surface area contributed by atoms with Crippen molar-refractivity contribution in [1.82, 2.24) is 15.1 Å². The van der Waals surface area contributed by atoms with Gasteiger partial charge in [0.05, 0.1) is 12.2 Å². The summed E-state index contributed by atoms with van der Waals surface area (Å²) in [4.78, 5) is 19.9. The maximum atomic E-state index is 12.4. The molecule has 1 fully saturated rings. The van der Waals surface area contributed by atoms with Crippen LogP contribution < -0.4 is 10.3 Å². The smallest absolute Gasteiger partial charge is 0.297 e. The van der Waals surface area contributed by atoms with Crippen LogP contribution in [-0.4, -0.2) is 21.7 Å². The molecule has 6 nitrogen and oxygen atoms in total. The molecule has 2 heterocycles. The van der Waals surface area contributed by atoms with Crippen LogP contribution in [0.3, 0.4) is 0 Å². The third-order valence-electron chi connectivity index (χ3n) is 4.54. The number of hydrogen-bond donors (Lipinski definition) is 1. The Morgan fingerprint density at radius 1 is 1.29 bits per heavy atom. The normalized spacial score (nSPS) is 15.2. The zero-order valence-electron chi connectivity index (χ0n) is 13.5. The maximum Gasteiger partial charge on any atom is 0.297 e. The predicted molar refractivity (Wildman–Crippen MR) is 90.2 cm³/mol. The highest BCUT2D eigenvalue weighted by Crippen LogP contribution is 2.36. The summed E-state index contributed by atoms with van der Waals surface area (Å²) in [6.07, 6.45) is 4.51. The zero-order valence-corrected chi connectivity index (χ0v) is 13.5. The van der Waals surface area contributed by atoms with E-state index in [2.05, 4.69) is 15.1 Å². The molecule has 1 aliphatic rings. The zero-order chi connectivity index (χ0) is 16.5. The highest BCUT2D eigenvalue weighted by molar-refractivity contribution is 5.77. The predicted octanol–water partition coefficient (Wildman–Crippen LogP) is 3.63. The number of nitrogens with one attached hydrogen (secondary N) is 1. The van der Waals surface area contributed by atoms with Gasteiger partial charge in [-0.3, -0.25) is 4.79 Å². The van der Waals surface area contributed by atoms with Gasteiger partial charge in [-0.2, -0.15) is 0 Å². The van der Waals surface area contributed by atoms with E-state index >= 15 is 0 Å². The summed E-state index contributed by atoms with van der Waals surface area (Å²) in [5, 5.41) is 4.14. The second-order valence-corrected chi connectivity index (χ2v) is 6.07. The molecule has 24 heavy (non-hydrogen) atoms. The molecular formula is C18H19N3O3. The van der Waals surface area contributed by atoms with Crippen LogP contribution in [0.15, 0.2) is 33.6 Å². The summed E-state index contributed by atoms with van der Waals surface area (Å²) in [5.74, 6) is 1.51. The number of aromatic amines is 1. The topological polar surface area (TPSA) is 81.0 Å². The number of aromatic nitrogens is 3. The number of ether oxygens (including phenoxy) is 1. The number of nitrogens with zero attached hydrogens (tertiary/aromatic N) is 2. The molecule has 1 N–H and O–H groups in total. The monoisotopic (exact) mass is 325 g/mol. The Kier molecular flexibility index (Phi) is 3.80. The van der Waals surface area contributed by atoms with E-state index in [4.69, 9.17) is 9.26 Å². The van der Waals surface area contributed by atoms with Gasteiger partial charge < -0.3 is 14.2 Å². The number of para-hydroxylation sites is 1. The fourth-order valence-corrected chi connectivity index (χ4v) is 3.40. The molecule has 0 unspecified atom stereocenters. The van der Waals surface area contributed by atoms with Gasteiger partial charge in [-0.15, -0.1) is 0 Å². The minimum absolute atomic E-state index is 0.203. The largest absolute Gasteiger partial charge is 0.493 e. The van der Waals surface area contributed by atoms with Crippen molar-refractivity contribution in [2.75, 3.05) is 6.61 Å². The van der Waals surface area contributed by atoms with Crippen LogP contribution in [0.25, 0.3) is 22.5 Å². The first-order valence-corrected chi connectivity index (χ1v) is 8.39. The summed E-state index contributed by atoms with van der Waals surface area (Å²) in [5.41, 5.74) is 2.04. The van der Waals surface area contributed by atoms with Crippen LogP contribution in [-0.2, 0) is 0 Å². The van der Waals surface area contributed by atoms with E-state index in [1.807, 2.05) is 31.2 Å². The molecule has 6 heteroatoms. The first kappa shape index (κ1) is 14.9. The fraction of sp³-hybridized carbons (Fsp3) is 0.389. The molecule has 4 rings (SSSR count). The first-order chi connectivity index (χ1) is 11.8. The van der Waals surface area contributed by atoms with Gasteiger partial charge in [0.2, 0.25) is 5.58 Å². The van der Waals surface area contributed by atoms with E-state index < -0.39 is 0 Å². The lowest BCUT2D eigenvalue weighted by molar-refractivity contribution is 0.341. The highest BCUT2D eigenvalue weighted by Gasteiger charge is 2.25. The second kappa shape index (κ2) is 6.11. The third-order valence-corrected chi connectivity index (χ3v) is 4.54. The molecule has 2 aromatic heterocycles. The first-order valence-electron chi connectivity index (χ1n) is 8.39. The Morgan fingerprint density at radius 2 is 2.08 bits per heavy atom. The lowest BCUT2D eigenvalue weighted by Crippen LogP contribution is -2.09. The molecule has 1 aromatic carbocycles. The van der Waals surface area contributed by atoms with Crippen LogP contribution in [0.4, 0.5) is 0 Å². The van der Waals surface area contributed by atoms with Crippen molar-refractivity contribution in [3.63, 3.8) is 0 Å². The van der Waals surface area contributed by atoms with Crippen LogP contribution in [0.5, 0.6) is 5.75 Å². The third kappa shape index (κ3) is 2.48. The van der Waals surface area contributed by atoms with Crippen molar-refractivity contribution in [3.05, 3.63) is 40.3 Å². The quantitative estimate of drug-likeness (QED) is 0.792. The maximum absolute atomic E-state index is 12.4. The molecule has 0 amide bonds. The molecule has 0 bridgehead atoms. The molecule has 0 radical (unpaired) electrons. The molecule has 0 atom stereocenters. The SMILES string of the molecule is CCOc1ccccc1-c1nc2c(C3CCCC3)noc2c(=O)[nH]1. The van der Waals surface area contributed by atoms with Crippen LogP contribution in [0.2, 0.25) is 0 Å². The fourth-order valence-electron chi connectivity index (χ4n) is 3.40. The lowest BCUT2D eigenvalue weighted by atomic mass is 10.0. The molecule has 0 aliphatic heterocycles. The lowest BCUT2D eigenvalue weighted by Gasteiger charge is -2.09. The van der Waals surface area contributed by atoms with Crippen molar-refractivity contribution in [1.29, 1.82) is 0 Å². The minimum atomic E-state index is -0.307. The van der Waals surface area contributed by atoms with Gasteiger partial charge in [-0.1, -0.05) is 30.1 Å². The van der Waals surface area contributed by atoms with Gasteiger partial charge in [-0.05, 0) is 31.9 Å². The number of rotatable bonds is 4. The van der Waals surface area contributed by atoms with Gasteiger partial charge in [0.15, 0.2) is 0 Å². The van der Waals surface area contributed by atoms with Crippen molar-refractivity contribution in [2.45, 2.75) is 38.5 Å². The minimum Gasteiger partial charge on any atom is -0.493 e. The van der Waals surface area contributed by atoms with E-state index in [-0.39, 0.29) is 11.1 Å². The Hall–Kier alpha value is -2.63. The average Bonchev–Trinajstić information content (AvgIpc) is 3.24. The van der Waals surface area contributed by atoms with E-state index in [1.165, 1.54) is 12.8 Å². The van der Waals surface area contributed by atoms with Crippen LogP contribution in [0.1, 0.15) is 44.2 Å².